The van der Waals surface area contributed by atoms with Crippen molar-refractivity contribution in [1.29, 1.82) is 0 Å². The fourth-order valence-corrected chi connectivity index (χ4v) is 3.28. The van der Waals surface area contributed by atoms with E-state index in [4.69, 9.17) is 11.6 Å². The summed E-state index contributed by atoms with van der Waals surface area (Å²) < 4.78 is 12.5. The molecule has 0 aromatic heterocycles. The first-order chi connectivity index (χ1) is 13.4. The molecule has 2 rings (SSSR count). The maximum absolute atomic E-state index is 12.5. The average Bonchev–Trinajstić information content (AvgIpc) is 2.71. The fraction of sp³-hybridized carbons (Fsp3) is 0.417. The Morgan fingerprint density at radius 1 is 1.18 bits per heavy atom. The summed E-state index contributed by atoms with van der Waals surface area (Å²) in [6, 6.07) is 6.29. The molecule has 1 heterocycles. The van der Waals surface area contributed by atoms with E-state index in [9.17, 15) is 4.39 Å². The predicted octanol–water partition coefficient (Wildman–Crippen LogP) is 7.08. The second-order valence-electron chi connectivity index (χ2n) is 6.80. The maximum Gasteiger partial charge on any atom is 0.119 e. The minimum Gasteiger partial charge on any atom is -0.372 e. The molecule has 1 aromatic carbocycles. The molecule has 0 saturated carbocycles. The van der Waals surface area contributed by atoms with Crippen LogP contribution in [0.25, 0.3) is 0 Å². The zero-order valence-corrected chi connectivity index (χ0v) is 18.5. The number of halogens is 2. The van der Waals surface area contributed by atoms with Gasteiger partial charge in [-0.1, -0.05) is 56.8 Å². The van der Waals surface area contributed by atoms with Gasteiger partial charge in [-0.05, 0) is 56.0 Å². The molecule has 1 aliphatic heterocycles. The predicted molar refractivity (Wildman–Crippen MR) is 123 cm³/mol. The highest BCUT2D eigenvalue weighted by Crippen LogP contribution is 2.28. The molecule has 0 unspecified atom stereocenters. The number of allylic oxidation sites excluding steroid dienone is 6. The smallest absolute Gasteiger partial charge is 0.119 e. The number of hydrogen-bond donors (Lipinski definition) is 0. The van der Waals surface area contributed by atoms with Crippen LogP contribution in [0.3, 0.4) is 0 Å². The standard InChI is InChI=1S/C15H21ClN2.C9H13F/c1-4-13(3)17-7-9-18(10-8-17)15-6-5-12(2)11-14(15)16;1-4-8(5-2)7-9(10)6-3/h5-6,11H,3-4,7-10H2,1-2H3;4,6-7H,1,5H2,2-3H3/b;8-7+,9-6+. The van der Waals surface area contributed by atoms with Gasteiger partial charge in [0.05, 0.1) is 10.7 Å². The van der Waals surface area contributed by atoms with Crippen LogP contribution in [0.5, 0.6) is 0 Å². The first-order valence-electron chi connectivity index (χ1n) is 9.94. The van der Waals surface area contributed by atoms with Crippen molar-refractivity contribution in [1.82, 2.24) is 4.90 Å². The summed E-state index contributed by atoms with van der Waals surface area (Å²) in [4.78, 5) is 4.74. The third-order valence-corrected chi connectivity index (χ3v) is 5.15. The molecule has 0 N–H and O–H groups in total. The topological polar surface area (TPSA) is 6.48 Å². The van der Waals surface area contributed by atoms with Gasteiger partial charge in [-0.15, -0.1) is 0 Å². The van der Waals surface area contributed by atoms with Gasteiger partial charge in [0.15, 0.2) is 0 Å². The Morgan fingerprint density at radius 3 is 2.29 bits per heavy atom. The van der Waals surface area contributed by atoms with Gasteiger partial charge in [-0.2, -0.15) is 0 Å². The Morgan fingerprint density at radius 2 is 1.82 bits per heavy atom. The van der Waals surface area contributed by atoms with Crippen molar-refractivity contribution in [2.24, 2.45) is 0 Å². The van der Waals surface area contributed by atoms with E-state index in [1.807, 2.05) is 13.0 Å². The number of hydrogen-bond acceptors (Lipinski definition) is 2. The van der Waals surface area contributed by atoms with Crippen LogP contribution in [0.1, 0.15) is 39.2 Å². The summed E-state index contributed by atoms with van der Waals surface area (Å²) in [5.74, 6) is -0.197. The Balaban J connectivity index is 0.000000336. The van der Waals surface area contributed by atoms with Crippen LogP contribution in [-0.2, 0) is 0 Å². The summed E-state index contributed by atoms with van der Waals surface area (Å²) >= 11 is 6.32. The molecule has 0 atom stereocenters. The molecule has 0 spiro atoms. The SMILES string of the molecule is C=C(CC)N1CCN(c2ccc(C)cc2Cl)CC1.C=C/C(=C\C(F)=C/C)CC. The lowest BCUT2D eigenvalue weighted by Gasteiger charge is -2.38. The van der Waals surface area contributed by atoms with Crippen molar-refractivity contribution >= 4 is 17.3 Å². The fourth-order valence-electron chi connectivity index (χ4n) is 2.92. The van der Waals surface area contributed by atoms with Crippen LogP contribution in [0.4, 0.5) is 10.1 Å². The van der Waals surface area contributed by atoms with Crippen molar-refractivity contribution in [3.05, 3.63) is 77.3 Å². The van der Waals surface area contributed by atoms with Crippen LogP contribution in [0.2, 0.25) is 5.02 Å². The van der Waals surface area contributed by atoms with Gasteiger partial charge in [0.25, 0.3) is 0 Å². The number of anilines is 1. The molecule has 1 fully saturated rings. The first kappa shape index (κ1) is 24.0. The van der Waals surface area contributed by atoms with Crippen LogP contribution in [0.15, 0.2) is 66.7 Å². The molecule has 0 bridgehead atoms. The van der Waals surface area contributed by atoms with Gasteiger partial charge in [0, 0.05) is 31.9 Å². The van der Waals surface area contributed by atoms with Crippen LogP contribution in [-0.4, -0.2) is 31.1 Å². The monoisotopic (exact) mass is 404 g/mol. The normalized spacial score (nSPS) is 15.1. The summed E-state index contributed by atoms with van der Waals surface area (Å²) in [6.07, 6.45) is 6.45. The number of rotatable bonds is 6. The van der Waals surface area contributed by atoms with E-state index in [-0.39, 0.29) is 5.83 Å². The van der Waals surface area contributed by atoms with Gasteiger partial charge >= 0.3 is 0 Å². The number of piperazine rings is 1. The van der Waals surface area contributed by atoms with Crippen molar-refractivity contribution in [3.8, 4) is 0 Å². The third-order valence-electron chi connectivity index (χ3n) is 4.85. The van der Waals surface area contributed by atoms with E-state index < -0.39 is 0 Å². The molecule has 1 aromatic rings. The molecule has 0 radical (unpaired) electrons. The van der Waals surface area contributed by atoms with E-state index in [1.165, 1.54) is 23.4 Å². The second kappa shape index (κ2) is 12.5. The highest BCUT2D eigenvalue weighted by atomic mass is 35.5. The number of aryl methyl sites for hydroxylation is 1. The average molecular weight is 405 g/mol. The summed E-state index contributed by atoms with van der Waals surface area (Å²) in [7, 11) is 0. The minimum absolute atomic E-state index is 0.197. The Kier molecular flexibility index (Phi) is 10.7. The lowest BCUT2D eigenvalue weighted by atomic mass is 10.2. The van der Waals surface area contributed by atoms with E-state index >= 15 is 0 Å². The zero-order chi connectivity index (χ0) is 21.1. The summed E-state index contributed by atoms with van der Waals surface area (Å²) in [5.41, 5.74) is 4.53. The number of nitrogens with zero attached hydrogens (tertiary/aromatic N) is 2. The largest absolute Gasteiger partial charge is 0.372 e. The molecular weight excluding hydrogens is 371 g/mol. The highest BCUT2D eigenvalue weighted by Gasteiger charge is 2.18. The minimum atomic E-state index is -0.197. The lowest BCUT2D eigenvalue weighted by Crippen LogP contribution is -2.45. The summed E-state index contributed by atoms with van der Waals surface area (Å²) in [6.45, 7) is 19.6. The molecule has 1 aliphatic rings. The highest BCUT2D eigenvalue weighted by molar-refractivity contribution is 6.33. The Bertz CT molecular complexity index is 713. The molecule has 0 amide bonds. The summed E-state index contributed by atoms with van der Waals surface area (Å²) in [5, 5.41) is 0.859. The third kappa shape index (κ3) is 7.55. The van der Waals surface area contributed by atoms with Gasteiger partial charge in [-0.25, -0.2) is 4.39 Å². The van der Waals surface area contributed by atoms with Crippen LogP contribution >= 0.6 is 11.6 Å². The quantitative estimate of drug-likeness (QED) is 0.467. The zero-order valence-electron chi connectivity index (χ0n) is 17.8. The molecule has 4 heteroatoms. The molecule has 154 valence electrons. The lowest BCUT2D eigenvalue weighted by molar-refractivity contribution is 0.315. The molecule has 28 heavy (non-hydrogen) atoms. The Hall–Kier alpha value is -2.00. The van der Waals surface area contributed by atoms with Gasteiger partial charge in [0.2, 0.25) is 0 Å². The van der Waals surface area contributed by atoms with Crippen LogP contribution < -0.4 is 4.90 Å². The van der Waals surface area contributed by atoms with Crippen molar-refractivity contribution in [2.45, 2.75) is 40.5 Å². The van der Waals surface area contributed by atoms with E-state index in [2.05, 4.69) is 48.9 Å². The number of benzene rings is 1. The second-order valence-corrected chi connectivity index (χ2v) is 7.21. The molecule has 0 aliphatic carbocycles. The molecular formula is C24H34ClFN2. The van der Waals surface area contributed by atoms with Crippen LogP contribution in [0, 0.1) is 6.92 Å². The first-order valence-corrected chi connectivity index (χ1v) is 10.3. The van der Waals surface area contributed by atoms with Gasteiger partial charge in [-0.3, -0.25) is 0 Å². The molecule has 2 nitrogen and oxygen atoms in total. The van der Waals surface area contributed by atoms with Crippen molar-refractivity contribution < 1.29 is 4.39 Å². The van der Waals surface area contributed by atoms with Crippen molar-refractivity contribution in [3.63, 3.8) is 0 Å². The van der Waals surface area contributed by atoms with Crippen molar-refractivity contribution in [2.75, 3.05) is 31.1 Å². The van der Waals surface area contributed by atoms with Gasteiger partial charge < -0.3 is 9.80 Å². The van der Waals surface area contributed by atoms with E-state index in [0.717, 1.165) is 55.3 Å². The Labute approximate surface area is 175 Å². The van der Waals surface area contributed by atoms with E-state index in [1.54, 1.807) is 13.0 Å². The maximum atomic E-state index is 12.5. The van der Waals surface area contributed by atoms with Gasteiger partial charge in [0.1, 0.15) is 5.83 Å². The molecule has 1 saturated heterocycles. The van der Waals surface area contributed by atoms with E-state index in [0.29, 0.717) is 0 Å².